The summed E-state index contributed by atoms with van der Waals surface area (Å²) < 4.78 is 39.4. The van der Waals surface area contributed by atoms with Crippen LogP contribution in [0.1, 0.15) is 90.1 Å². The van der Waals surface area contributed by atoms with E-state index in [1.165, 1.54) is 43.7 Å². The van der Waals surface area contributed by atoms with Crippen LogP contribution < -0.4 is 9.47 Å². The van der Waals surface area contributed by atoms with Gasteiger partial charge in [0.1, 0.15) is 23.7 Å². The Labute approximate surface area is 357 Å². The van der Waals surface area contributed by atoms with E-state index >= 15 is 0 Å². The molecule has 11 nitrogen and oxygen atoms in total. The van der Waals surface area contributed by atoms with Gasteiger partial charge in [0.05, 0.1) is 37.6 Å². The van der Waals surface area contributed by atoms with Crippen molar-refractivity contribution in [3.63, 3.8) is 0 Å². The Morgan fingerprint density at radius 3 is 1.87 bits per heavy atom. The predicted molar refractivity (Wildman–Crippen MR) is 230 cm³/mol. The molecule has 0 unspecified atom stereocenters. The quantitative estimate of drug-likeness (QED) is 0.0247. The van der Waals surface area contributed by atoms with Crippen molar-refractivity contribution in [3.8, 4) is 22.6 Å². The van der Waals surface area contributed by atoms with Gasteiger partial charge in [0.15, 0.2) is 12.2 Å². The van der Waals surface area contributed by atoms with E-state index < -0.39 is 48.3 Å². The van der Waals surface area contributed by atoms with E-state index in [1.807, 2.05) is 48.5 Å². The lowest BCUT2D eigenvalue weighted by atomic mass is 10.0. The molecular weight excluding hydrogens is 777 g/mol. The van der Waals surface area contributed by atoms with Crippen LogP contribution in [-0.4, -0.2) is 74.7 Å². The van der Waals surface area contributed by atoms with Gasteiger partial charge in [-0.3, -0.25) is 0 Å². The smallest absolute Gasteiger partial charge is 0.343 e. The van der Waals surface area contributed by atoms with Crippen molar-refractivity contribution >= 4 is 30.0 Å². The lowest BCUT2D eigenvalue weighted by Gasteiger charge is -2.17. The molecule has 0 saturated carbocycles. The summed E-state index contributed by atoms with van der Waals surface area (Å²) in [7, 11) is 0. The summed E-state index contributed by atoms with van der Waals surface area (Å²) in [5.74, 6) is -0.875. The normalized spacial score (nSPS) is 18.0. The number of rotatable bonds is 22. The zero-order chi connectivity index (χ0) is 42.8. The van der Waals surface area contributed by atoms with Crippen LogP contribution in [0.15, 0.2) is 116 Å². The van der Waals surface area contributed by atoms with Crippen molar-refractivity contribution in [2.24, 2.45) is 0 Å². The SMILES string of the molecule is C=CC(=O)OCCCCOc1ccc(C(=O)Oc2ccc(-c3ccc(/C=C/C(=O)O[C@H]4CO[C@H]5[C@@H]4OC[C@H]5OC(=O)c4ccc(CCCCCCCC)cc4)cc3)cc2)cc1. The van der Waals surface area contributed by atoms with Gasteiger partial charge in [0.25, 0.3) is 0 Å². The summed E-state index contributed by atoms with van der Waals surface area (Å²) >= 11 is 0. The van der Waals surface area contributed by atoms with Crippen LogP contribution in [0.3, 0.4) is 0 Å². The van der Waals surface area contributed by atoms with Crippen molar-refractivity contribution in [2.75, 3.05) is 26.4 Å². The molecule has 4 aromatic carbocycles. The molecule has 2 aliphatic rings. The summed E-state index contributed by atoms with van der Waals surface area (Å²) in [5.41, 5.74) is 4.73. The van der Waals surface area contributed by atoms with Gasteiger partial charge in [-0.25, -0.2) is 19.2 Å². The fourth-order valence-electron chi connectivity index (χ4n) is 7.09. The zero-order valence-electron chi connectivity index (χ0n) is 34.7. The van der Waals surface area contributed by atoms with Crippen LogP contribution in [0.5, 0.6) is 11.5 Å². The molecule has 2 heterocycles. The van der Waals surface area contributed by atoms with Gasteiger partial charge in [-0.05, 0) is 103 Å². The van der Waals surface area contributed by atoms with Crippen molar-refractivity contribution in [1.29, 1.82) is 0 Å². The average Bonchev–Trinajstić information content (AvgIpc) is 3.88. The minimum atomic E-state index is -0.623. The third-order valence-corrected chi connectivity index (χ3v) is 10.5. The Bertz CT molecular complexity index is 2070. The number of unbranched alkanes of at least 4 members (excludes halogenated alkanes) is 6. The number of benzene rings is 4. The fourth-order valence-corrected chi connectivity index (χ4v) is 7.09. The van der Waals surface area contributed by atoms with Gasteiger partial charge < -0.3 is 33.2 Å². The predicted octanol–water partition coefficient (Wildman–Crippen LogP) is 9.31. The number of carbonyl (C=O) groups is 4. The number of esters is 4. The highest BCUT2D eigenvalue weighted by Gasteiger charge is 2.51. The van der Waals surface area contributed by atoms with Crippen molar-refractivity contribution in [3.05, 3.63) is 138 Å². The molecular formula is C50H54O11. The number of aryl methyl sites for hydroxylation is 1. The van der Waals surface area contributed by atoms with E-state index in [2.05, 4.69) is 13.5 Å². The highest BCUT2D eigenvalue weighted by atomic mass is 16.7. The maximum absolute atomic E-state index is 12.9. The van der Waals surface area contributed by atoms with Crippen molar-refractivity contribution < 1.29 is 52.3 Å². The second kappa shape index (κ2) is 23.1. The van der Waals surface area contributed by atoms with Crippen LogP contribution >= 0.6 is 0 Å². The topological polar surface area (TPSA) is 133 Å². The third kappa shape index (κ3) is 13.5. The summed E-state index contributed by atoms with van der Waals surface area (Å²) in [4.78, 5) is 49.6. The molecule has 4 aromatic rings. The first kappa shape index (κ1) is 44.5. The second-order valence-electron chi connectivity index (χ2n) is 15.1. The van der Waals surface area contributed by atoms with Crippen molar-refractivity contribution in [1.82, 2.24) is 0 Å². The maximum Gasteiger partial charge on any atom is 0.343 e. The summed E-state index contributed by atoms with van der Waals surface area (Å²) in [5, 5.41) is 0. The maximum atomic E-state index is 12.9. The Balaban J connectivity index is 0.894. The molecule has 0 bridgehead atoms. The number of hydrogen-bond donors (Lipinski definition) is 0. The van der Waals surface area contributed by atoms with E-state index in [0.717, 1.165) is 35.6 Å². The molecule has 2 aliphatic heterocycles. The molecule has 4 atom stereocenters. The van der Waals surface area contributed by atoms with Gasteiger partial charge >= 0.3 is 23.9 Å². The van der Waals surface area contributed by atoms with E-state index in [4.69, 9.17) is 33.2 Å². The third-order valence-electron chi connectivity index (χ3n) is 10.5. The number of carbonyl (C=O) groups excluding carboxylic acids is 4. The fraction of sp³-hybridized carbons (Fsp3) is 0.360. The molecule has 6 rings (SSSR count). The van der Waals surface area contributed by atoms with E-state index in [9.17, 15) is 19.2 Å². The summed E-state index contributed by atoms with van der Waals surface area (Å²) in [6, 6.07) is 29.1. The molecule has 0 amide bonds. The number of fused-ring (bicyclic) bond motifs is 1. The monoisotopic (exact) mass is 830 g/mol. The minimum Gasteiger partial charge on any atom is -0.494 e. The Morgan fingerprint density at radius 2 is 1.20 bits per heavy atom. The second-order valence-corrected chi connectivity index (χ2v) is 15.1. The van der Waals surface area contributed by atoms with E-state index in [1.54, 1.807) is 54.6 Å². The largest absolute Gasteiger partial charge is 0.494 e. The van der Waals surface area contributed by atoms with Crippen LogP contribution in [0.4, 0.5) is 0 Å². The molecule has 11 heteroatoms. The van der Waals surface area contributed by atoms with Gasteiger partial charge in [-0.1, -0.05) is 94.1 Å². The summed E-state index contributed by atoms with van der Waals surface area (Å²) in [6.07, 6.45) is 11.7. The van der Waals surface area contributed by atoms with Crippen LogP contribution in [0, 0.1) is 0 Å². The molecule has 0 spiro atoms. The standard InChI is InChI=1S/C50H54O11/c1-3-5-6-7-8-9-12-35-15-20-39(21-16-35)50(54)61-44-34-58-47-43(33-57-48(44)47)60-46(52)30-17-36-13-18-37(19-14-36)38-22-28-42(29-23-38)59-49(53)40-24-26-41(27-25-40)55-31-10-11-32-56-45(51)4-2/h4,13-30,43-44,47-48H,2-3,5-12,31-34H2,1H3/b30-17+/t43-,44+,47+,48+/m0/s1. The lowest BCUT2D eigenvalue weighted by molar-refractivity contribution is -0.147. The lowest BCUT2D eigenvalue weighted by Crippen LogP contribution is -2.35. The van der Waals surface area contributed by atoms with Crippen molar-refractivity contribution in [2.45, 2.75) is 89.1 Å². The average molecular weight is 831 g/mol. The highest BCUT2D eigenvalue weighted by molar-refractivity contribution is 5.91. The molecule has 320 valence electrons. The Morgan fingerprint density at radius 1 is 0.623 bits per heavy atom. The van der Waals surface area contributed by atoms with Gasteiger partial charge in [-0.2, -0.15) is 0 Å². The Kier molecular flexibility index (Phi) is 16.8. The first-order chi connectivity index (χ1) is 29.8. The highest BCUT2D eigenvalue weighted by Crippen LogP contribution is 2.31. The first-order valence-corrected chi connectivity index (χ1v) is 21.2. The number of hydrogen-bond acceptors (Lipinski definition) is 11. The summed E-state index contributed by atoms with van der Waals surface area (Å²) in [6.45, 7) is 6.64. The van der Waals surface area contributed by atoms with E-state index in [0.29, 0.717) is 48.7 Å². The molecule has 0 aromatic heterocycles. The van der Waals surface area contributed by atoms with Gasteiger partial charge in [-0.15, -0.1) is 0 Å². The first-order valence-electron chi connectivity index (χ1n) is 21.2. The van der Waals surface area contributed by atoms with Gasteiger partial charge in [0.2, 0.25) is 0 Å². The molecule has 2 fully saturated rings. The zero-order valence-corrected chi connectivity index (χ0v) is 34.7. The molecule has 0 N–H and O–H groups in total. The van der Waals surface area contributed by atoms with Crippen LogP contribution in [0.25, 0.3) is 17.2 Å². The molecule has 0 radical (unpaired) electrons. The molecule has 0 aliphatic carbocycles. The van der Waals surface area contributed by atoms with E-state index in [-0.39, 0.29) is 13.2 Å². The Hall–Kier alpha value is -6.04. The molecule has 2 saturated heterocycles. The number of ether oxygens (including phenoxy) is 7. The van der Waals surface area contributed by atoms with Crippen LogP contribution in [0.2, 0.25) is 0 Å². The van der Waals surface area contributed by atoms with Gasteiger partial charge in [0, 0.05) is 12.2 Å². The minimum absolute atomic E-state index is 0.145. The van der Waals surface area contributed by atoms with Crippen LogP contribution in [-0.2, 0) is 39.7 Å². The molecule has 61 heavy (non-hydrogen) atoms.